The van der Waals surface area contributed by atoms with Crippen molar-refractivity contribution in [1.29, 1.82) is 0 Å². The normalized spacial score (nSPS) is 11.8. The quantitative estimate of drug-likeness (QED) is 0.160. The Morgan fingerprint density at radius 2 is 0.662 bits per heavy atom. The van der Waals surface area contributed by atoms with Crippen LogP contribution in [-0.2, 0) is 0 Å². The first-order valence-corrected chi connectivity index (χ1v) is 23.1. The lowest BCUT2D eigenvalue weighted by atomic mass is 10.0. The summed E-state index contributed by atoms with van der Waals surface area (Å²) in [4.78, 5) is 0. The third kappa shape index (κ3) is 5.77. The molecule has 14 rings (SSSR count). The zero-order valence-electron chi connectivity index (χ0n) is 36.8. The lowest BCUT2D eigenvalue weighted by Crippen LogP contribution is -2.01. The number of hydrogen-bond acceptors (Lipinski definition) is 2. The second kappa shape index (κ2) is 15.2. The van der Waals surface area contributed by atoms with Crippen LogP contribution in [0.3, 0.4) is 0 Å². The van der Waals surface area contributed by atoms with E-state index in [-0.39, 0.29) is 0 Å². The number of fused-ring (bicyclic) bond motifs is 10. The molecule has 0 fully saturated rings. The maximum absolute atomic E-state index is 4.77. The molecule has 0 radical (unpaired) electrons. The number of aromatic nitrogens is 6. The molecule has 10 aromatic carbocycles. The number of benzene rings is 10. The van der Waals surface area contributed by atoms with Crippen LogP contribution in [0, 0.1) is 0 Å². The Balaban J connectivity index is 0.918. The van der Waals surface area contributed by atoms with Crippen molar-refractivity contribution in [2.75, 3.05) is 0 Å². The van der Waals surface area contributed by atoms with Crippen LogP contribution < -0.4 is 0 Å². The van der Waals surface area contributed by atoms with E-state index in [0.717, 1.165) is 73.1 Å². The zero-order chi connectivity index (χ0) is 44.7. The third-order valence-corrected chi connectivity index (χ3v) is 13.7. The van der Waals surface area contributed by atoms with Gasteiger partial charge in [0.1, 0.15) is 0 Å². The molecule has 0 saturated carbocycles. The molecule has 6 nitrogen and oxygen atoms in total. The first-order valence-electron chi connectivity index (χ1n) is 23.1. The van der Waals surface area contributed by atoms with Gasteiger partial charge in [0.2, 0.25) is 0 Å². The first-order chi connectivity index (χ1) is 33.8. The van der Waals surface area contributed by atoms with Crippen LogP contribution in [0.1, 0.15) is 0 Å². The van der Waals surface area contributed by atoms with Crippen LogP contribution in [0.4, 0.5) is 0 Å². The van der Waals surface area contributed by atoms with Gasteiger partial charge in [0.05, 0.1) is 38.8 Å². The van der Waals surface area contributed by atoms with E-state index in [1.54, 1.807) is 0 Å². The summed E-state index contributed by atoms with van der Waals surface area (Å²) in [5.41, 5.74) is 15.7. The summed E-state index contributed by atoms with van der Waals surface area (Å²) in [6, 6.07) is 87.0. The smallest absolute Gasteiger partial charge is 0.168 e. The summed E-state index contributed by atoms with van der Waals surface area (Å²) >= 11 is 0. The Kier molecular flexibility index (Phi) is 8.48. The minimum Gasteiger partial charge on any atom is -0.309 e. The fourth-order valence-electron chi connectivity index (χ4n) is 10.7. The van der Waals surface area contributed by atoms with Crippen LogP contribution in [0.2, 0.25) is 0 Å². The lowest BCUT2D eigenvalue weighted by molar-refractivity contribution is 1.07. The van der Waals surface area contributed by atoms with Crippen molar-refractivity contribution in [3.05, 3.63) is 243 Å². The molecule has 0 N–H and O–H groups in total. The van der Waals surface area contributed by atoms with Gasteiger partial charge in [-0.3, -0.25) is 4.57 Å². The van der Waals surface area contributed by atoms with Crippen LogP contribution in [-0.4, -0.2) is 28.5 Å². The SMILES string of the molecule is c1ccc(-c2nnc(-c3ccccc3)n2-c2ccc3c(c2)c2ccccc2n3-c2cccc(-c3cccc(-n4c5ccccc5c5c4ccc4c6ccccc6n(-c6ccccc6)c45)c3)c2)cc1. The van der Waals surface area contributed by atoms with Crippen molar-refractivity contribution in [2.24, 2.45) is 0 Å². The molecular formula is C62H40N6. The van der Waals surface area contributed by atoms with Gasteiger partial charge in [0.25, 0.3) is 0 Å². The average Bonchev–Trinajstić information content (AvgIpc) is 4.18. The summed E-state index contributed by atoms with van der Waals surface area (Å²) < 4.78 is 9.47. The fraction of sp³-hybridized carbons (Fsp3) is 0. The van der Waals surface area contributed by atoms with Gasteiger partial charge in [-0.1, -0.05) is 164 Å². The topological polar surface area (TPSA) is 45.5 Å². The second-order valence-electron chi connectivity index (χ2n) is 17.5. The summed E-state index contributed by atoms with van der Waals surface area (Å²) in [6.07, 6.45) is 0. The number of para-hydroxylation sites is 4. The average molecular weight is 869 g/mol. The number of hydrogen-bond donors (Lipinski definition) is 0. The Bertz CT molecular complexity index is 4190. The zero-order valence-corrected chi connectivity index (χ0v) is 36.8. The molecular weight excluding hydrogens is 829 g/mol. The molecule has 0 spiro atoms. The standard InChI is InChI=1S/C62H40N6/c1-4-18-41(19-5-1)61-63-64-62(42-20-6-2-7-21-42)68(61)48-34-36-57-53(40-48)50-29-11-13-31-54(50)65(57)46-26-16-22-43(38-46)44-23-17-27-47(39-44)66-56-33-15-12-30-52(56)59-58(66)37-35-51-49-28-10-14-32-55(49)67(60(51)59)45-24-8-3-9-25-45/h1-40H. The van der Waals surface area contributed by atoms with Crippen molar-refractivity contribution in [3.8, 4) is 56.7 Å². The minimum absolute atomic E-state index is 0.798. The maximum Gasteiger partial charge on any atom is 0.168 e. The monoisotopic (exact) mass is 868 g/mol. The van der Waals surface area contributed by atoms with Gasteiger partial charge in [-0.25, -0.2) is 0 Å². The van der Waals surface area contributed by atoms with E-state index in [4.69, 9.17) is 10.2 Å². The second-order valence-corrected chi connectivity index (χ2v) is 17.5. The van der Waals surface area contributed by atoms with E-state index in [1.807, 2.05) is 36.4 Å². The van der Waals surface area contributed by atoms with Gasteiger partial charge < -0.3 is 13.7 Å². The molecule has 0 unspecified atom stereocenters. The van der Waals surface area contributed by atoms with Crippen LogP contribution in [0.15, 0.2) is 243 Å². The van der Waals surface area contributed by atoms with Crippen molar-refractivity contribution in [1.82, 2.24) is 28.5 Å². The number of nitrogens with zero attached hydrogens (tertiary/aromatic N) is 6. The van der Waals surface area contributed by atoms with E-state index >= 15 is 0 Å². The van der Waals surface area contributed by atoms with E-state index in [9.17, 15) is 0 Å². The minimum atomic E-state index is 0.798. The fourth-order valence-corrected chi connectivity index (χ4v) is 10.7. The highest BCUT2D eigenvalue weighted by Crippen LogP contribution is 2.43. The van der Waals surface area contributed by atoms with Crippen molar-refractivity contribution in [2.45, 2.75) is 0 Å². The van der Waals surface area contributed by atoms with Crippen molar-refractivity contribution < 1.29 is 0 Å². The highest BCUT2D eigenvalue weighted by Gasteiger charge is 2.22. The van der Waals surface area contributed by atoms with Crippen LogP contribution >= 0.6 is 0 Å². The largest absolute Gasteiger partial charge is 0.309 e. The van der Waals surface area contributed by atoms with Gasteiger partial charge in [-0.05, 0) is 90.0 Å². The van der Waals surface area contributed by atoms with E-state index in [1.165, 1.54) is 49.0 Å². The summed E-state index contributed by atoms with van der Waals surface area (Å²) in [5.74, 6) is 1.60. The summed E-state index contributed by atoms with van der Waals surface area (Å²) in [7, 11) is 0. The molecule has 0 aliphatic heterocycles. The molecule has 4 aromatic heterocycles. The molecule has 0 saturated heterocycles. The first kappa shape index (κ1) is 38.1. The van der Waals surface area contributed by atoms with Crippen LogP contribution in [0.5, 0.6) is 0 Å². The maximum atomic E-state index is 4.77. The van der Waals surface area contributed by atoms with E-state index in [2.05, 4.69) is 225 Å². The highest BCUT2D eigenvalue weighted by atomic mass is 15.3. The predicted octanol–water partition coefficient (Wildman–Crippen LogP) is 15.6. The molecule has 0 bridgehead atoms. The van der Waals surface area contributed by atoms with E-state index in [0.29, 0.717) is 0 Å². The molecule has 0 aliphatic rings. The van der Waals surface area contributed by atoms with Gasteiger partial charge in [-0.15, -0.1) is 10.2 Å². The Labute approximate surface area is 391 Å². The van der Waals surface area contributed by atoms with Gasteiger partial charge in [0.15, 0.2) is 11.6 Å². The molecule has 0 amide bonds. The van der Waals surface area contributed by atoms with Gasteiger partial charge in [0, 0.05) is 60.5 Å². The molecule has 68 heavy (non-hydrogen) atoms. The summed E-state index contributed by atoms with van der Waals surface area (Å²) in [6.45, 7) is 0. The van der Waals surface area contributed by atoms with E-state index < -0.39 is 0 Å². The predicted molar refractivity (Wildman–Crippen MR) is 281 cm³/mol. The van der Waals surface area contributed by atoms with Crippen molar-refractivity contribution in [3.63, 3.8) is 0 Å². The van der Waals surface area contributed by atoms with Crippen molar-refractivity contribution >= 4 is 65.4 Å². The number of rotatable bonds is 7. The Hall–Kier alpha value is -9.26. The molecule has 0 aliphatic carbocycles. The molecule has 0 atom stereocenters. The molecule has 318 valence electrons. The third-order valence-electron chi connectivity index (χ3n) is 13.7. The van der Waals surface area contributed by atoms with Gasteiger partial charge >= 0.3 is 0 Å². The molecule has 4 heterocycles. The Morgan fingerprint density at radius 3 is 1.28 bits per heavy atom. The Morgan fingerprint density at radius 1 is 0.235 bits per heavy atom. The van der Waals surface area contributed by atoms with Crippen LogP contribution in [0.25, 0.3) is 122 Å². The molecule has 14 aromatic rings. The summed E-state index contributed by atoms with van der Waals surface area (Å²) in [5, 5.41) is 16.8. The molecule has 6 heteroatoms. The lowest BCUT2D eigenvalue weighted by Gasteiger charge is -2.14. The highest BCUT2D eigenvalue weighted by molar-refractivity contribution is 6.26. The van der Waals surface area contributed by atoms with Gasteiger partial charge in [-0.2, -0.15) is 0 Å².